The number of hydrogen-bond donors (Lipinski definition) is 1. The number of fused-ring (bicyclic) bond motifs is 2. The van der Waals surface area contributed by atoms with Crippen LogP contribution in [0.5, 0.6) is 0 Å². The highest BCUT2D eigenvalue weighted by Crippen LogP contribution is 2.31. The van der Waals surface area contributed by atoms with Gasteiger partial charge in [0.05, 0.1) is 23.8 Å². The minimum atomic E-state index is -1.19. The lowest BCUT2D eigenvalue weighted by Gasteiger charge is -2.27. The van der Waals surface area contributed by atoms with E-state index >= 15 is 0 Å². The van der Waals surface area contributed by atoms with Crippen LogP contribution in [-0.2, 0) is 23.7 Å². The molecular formula is C49H88N10O7Si3. The van der Waals surface area contributed by atoms with E-state index in [0.717, 1.165) is 79.9 Å². The normalized spacial score (nSPS) is 16.9. The van der Waals surface area contributed by atoms with Gasteiger partial charge in [-0.2, -0.15) is 19.2 Å². The Labute approximate surface area is 416 Å². The molecule has 2 aliphatic heterocycles. The average molecular weight is 1010 g/mol. The molecule has 2 amide bonds. The molecular weight excluding hydrogens is 925 g/mol. The molecule has 2 atom stereocenters. The number of carbonyl (C=O) groups excluding carboxylic acids is 2. The number of ether oxygens (including phenoxy) is 5. The first-order valence-corrected chi connectivity index (χ1v) is 36.0. The Morgan fingerprint density at radius 1 is 0.652 bits per heavy atom. The Bertz CT molecular complexity index is 2200. The van der Waals surface area contributed by atoms with Crippen molar-refractivity contribution in [3.05, 3.63) is 48.0 Å². The average Bonchev–Trinajstić information content (AvgIpc) is 4.05. The minimum absolute atomic E-state index is 0.128. The summed E-state index contributed by atoms with van der Waals surface area (Å²) >= 11 is 0. The number of nitrogens with zero attached hydrogens (tertiary/aromatic N) is 9. The zero-order valence-corrected chi connectivity index (χ0v) is 48.2. The van der Waals surface area contributed by atoms with Gasteiger partial charge < -0.3 is 44.1 Å². The molecule has 6 heterocycles. The zero-order chi connectivity index (χ0) is 51.4. The summed E-state index contributed by atoms with van der Waals surface area (Å²) in [6.07, 6.45) is 4.61. The van der Waals surface area contributed by atoms with Crippen molar-refractivity contribution < 1.29 is 33.3 Å². The summed E-state index contributed by atoms with van der Waals surface area (Å²) in [6.45, 7) is 41.3. The number of nitrogens with two attached hydrogens (primary N) is 1. The molecule has 0 aliphatic carbocycles. The molecule has 0 aromatic carbocycles. The van der Waals surface area contributed by atoms with Crippen LogP contribution >= 0.6 is 0 Å². The maximum absolute atomic E-state index is 12.7. The molecule has 2 fully saturated rings. The summed E-state index contributed by atoms with van der Waals surface area (Å²) < 4.78 is 32.1. The monoisotopic (exact) mass is 1010 g/mol. The summed E-state index contributed by atoms with van der Waals surface area (Å²) in [7, 11) is -3.20. The molecule has 0 bridgehead atoms. The van der Waals surface area contributed by atoms with Crippen LogP contribution in [0, 0.1) is 0 Å². The third-order valence-electron chi connectivity index (χ3n) is 11.3. The molecule has 388 valence electrons. The van der Waals surface area contributed by atoms with Crippen LogP contribution in [0.3, 0.4) is 0 Å². The van der Waals surface area contributed by atoms with Gasteiger partial charge in [-0.25, -0.2) is 19.6 Å². The SMILES string of the molecule is CC(C)(C)OC(=O)N1CCC(c2cc(N(COCC[Si](C)(C)C)COCC[Si](C)(C)C)n3nccc3n2)C1.CC(C)(C)OC(=O)N1CCC(c2cc(N)n3nccc3n2)C1.CCOCC[Si](C)(C)C. The number of hydrogen-bond acceptors (Lipinski definition) is 13. The van der Waals surface area contributed by atoms with Crippen molar-refractivity contribution in [3.8, 4) is 0 Å². The van der Waals surface area contributed by atoms with Crippen molar-refractivity contribution in [3.63, 3.8) is 0 Å². The maximum atomic E-state index is 12.7. The molecule has 0 saturated carbocycles. The topological polar surface area (TPSA) is 176 Å². The lowest BCUT2D eigenvalue weighted by atomic mass is 10.0. The number of nitrogen functional groups attached to an aromatic ring is 1. The molecule has 2 saturated heterocycles. The van der Waals surface area contributed by atoms with Crippen molar-refractivity contribution in [2.24, 2.45) is 0 Å². The van der Waals surface area contributed by atoms with E-state index in [9.17, 15) is 9.59 Å². The Morgan fingerprint density at radius 3 is 1.48 bits per heavy atom. The van der Waals surface area contributed by atoms with Gasteiger partial charge in [-0.1, -0.05) is 58.9 Å². The lowest BCUT2D eigenvalue weighted by molar-refractivity contribution is 0.0282. The molecule has 69 heavy (non-hydrogen) atoms. The van der Waals surface area contributed by atoms with Gasteiger partial charge in [0.25, 0.3) is 0 Å². The predicted octanol–water partition coefficient (Wildman–Crippen LogP) is 10.3. The standard InChI is InChI=1S/C27H49N5O4Si2.C15H21N5O2.C7H18OSi/c1-27(2,3)36-26(33)30-13-11-22(19-30)23-18-25(32-24(29-23)10-12-28-32)31(20-34-14-16-37(4,5)6)21-35-15-17-38(7,8)9;1-15(2,3)22-14(21)19-7-5-10(9-19)11-8-12(16)20-13(18-11)4-6-17-20;1-5-8-6-7-9(2,3)4/h10,12,18,22H,11,13-17,19-21H2,1-9H3;4,6,8,10H,5,7,9,16H2,1-3H3;5-7H2,1-4H3. The van der Waals surface area contributed by atoms with Gasteiger partial charge in [0, 0.05) is 113 Å². The van der Waals surface area contributed by atoms with Gasteiger partial charge in [0.2, 0.25) is 0 Å². The van der Waals surface area contributed by atoms with E-state index in [1.54, 1.807) is 26.7 Å². The number of anilines is 2. The third kappa shape index (κ3) is 20.3. The maximum Gasteiger partial charge on any atom is 0.410 e. The smallest absolute Gasteiger partial charge is 0.410 e. The molecule has 6 rings (SSSR count). The highest BCUT2D eigenvalue weighted by Gasteiger charge is 2.33. The van der Waals surface area contributed by atoms with Crippen LogP contribution in [0.25, 0.3) is 11.3 Å². The zero-order valence-electron chi connectivity index (χ0n) is 45.2. The van der Waals surface area contributed by atoms with Gasteiger partial charge in [0.15, 0.2) is 11.3 Å². The van der Waals surface area contributed by atoms with Crippen LogP contribution in [-0.4, -0.2) is 153 Å². The first-order chi connectivity index (χ1) is 32.0. The Hall–Kier alpha value is -4.09. The van der Waals surface area contributed by atoms with E-state index in [4.69, 9.17) is 34.4 Å². The molecule has 2 N–H and O–H groups in total. The van der Waals surface area contributed by atoms with Crippen LogP contribution in [0.4, 0.5) is 21.2 Å². The first-order valence-electron chi connectivity index (χ1n) is 24.9. The summed E-state index contributed by atoms with van der Waals surface area (Å²) in [5.41, 5.74) is 8.37. The molecule has 0 radical (unpaired) electrons. The minimum Gasteiger partial charge on any atom is -0.444 e. The van der Waals surface area contributed by atoms with Crippen LogP contribution in [0.15, 0.2) is 36.7 Å². The van der Waals surface area contributed by atoms with Crippen molar-refractivity contribution in [1.82, 2.24) is 39.0 Å². The Balaban J connectivity index is 0.000000279. The van der Waals surface area contributed by atoms with Gasteiger partial charge in [-0.05, 0) is 79.4 Å². The molecule has 4 aromatic heterocycles. The fourth-order valence-corrected chi connectivity index (χ4v) is 9.57. The van der Waals surface area contributed by atoms with E-state index in [0.29, 0.717) is 45.5 Å². The number of aromatic nitrogens is 6. The van der Waals surface area contributed by atoms with Gasteiger partial charge in [0.1, 0.15) is 36.3 Å². The fraction of sp³-hybridized carbons (Fsp3) is 0.714. The largest absolute Gasteiger partial charge is 0.444 e. The van der Waals surface area contributed by atoms with Crippen molar-refractivity contribution >= 4 is 59.3 Å². The van der Waals surface area contributed by atoms with Crippen LogP contribution < -0.4 is 10.6 Å². The number of carbonyl (C=O) groups is 2. The summed E-state index contributed by atoms with van der Waals surface area (Å²) in [5, 5.41) is 8.67. The summed E-state index contributed by atoms with van der Waals surface area (Å²) in [5.74, 6) is 1.76. The molecule has 2 aliphatic rings. The summed E-state index contributed by atoms with van der Waals surface area (Å²) in [6, 6.07) is 11.2. The van der Waals surface area contributed by atoms with E-state index in [1.807, 2.05) is 71.2 Å². The van der Waals surface area contributed by atoms with Gasteiger partial charge in [-0.15, -0.1) is 0 Å². The van der Waals surface area contributed by atoms with E-state index in [1.165, 1.54) is 6.04 Å². The van der Waals surface area contributed by atoms with Gasteiger partial charge in [-0.3, -0.25) is 0 Å². The third-order valence-corrected chi connectivity index (χ3v) is 16.4. The molecule has 0 spiro atoms. The number of rotatable bonds is 17. The van der Waals surface area contributed by atoms with E-state index in [-0.39, 0.29) is 24.0 Å². The van der Waals surface area contributed by atoms with Crippen LogP contribution in [0.1, 0.15) is 84.5 Å². The van der Waals surface area contributed by atoms with Crippen molar-refractivity contribution in [2.45, 2.75) is 161 Å². The van der Waals surface area contributed by atoms with E-state index < -0.39 is 35.4 Å². The second-order valence-corrected chi connectivity index (χ2v) is 40.8. The second kappa shape index (κ2) is 24.8. The molecule has 17 nitrogen and oxygen atoms in total. The fourth-order valence-electron chi connectivity index (χ4n) is 7.30. The Morgan fingerprint density at radius 2 is 1.06 bits per heavy atom. The van der Waals surface area contributed by atoms with Crippen molar-refractivity contribution in [1.29, 1.82) is 0 Å². The quantitative estimate of drug-likeness (QED) is 0.0601. The highest BCUT2D eigenvalue weighted by atomic mass is 28.3. The van der Waals surface area contributed by atoms with Gasteiger partial charge >= 0.3 is 12.2 Å². The molecule has 4 aromatic rings. The number of likely N-dealkylation sites (tertiary alicyclic amines) is 2. The molecule has 2 unspecified atom stereocenters. The lowest BCUT2D eigenvalue weighted by Crippen LogP contribution is -2.35. The second-order valence-electron chi connectivity index (χ2n) is 23.9. The van der Waals surface area contributed by atoms with Crippen LogP contribution in [0.2, 0.25) is 77.1 Å². The Kier molecular flexibility index (Phi) is 20.7. The van der Waals surface area contributed by atoms with E-state index in [2.05, 4.69) is 85.1 Å². The summed E-state index contributed by atoms with van der Waals surface area (Å²) in [4.78, 5) is 39.9. The van der Waals surface area contributed by atoms with Crippen molar-refractivity contribution in [2.75, 3.05) is 76.7 Å². The molecule has 20 heteroatoms. The first kappa shape index (κ1) is 57.5. The highest BCUT2D eigenvalue weighted by molar-refractivity contribution is 6.76. The number of amides is 2. The predicted molar refractivity (Wildman–Crippen MR) is 286 cm³/mol.